The second-order valence-electron chi connectivity index (χ2n) is 7.17. The van der Waals surface area contributed by atoms with Crippen molar-refractivity contribution in [3.63, 3.8) is 0 Å². The molecule has 1 aliphatic heterocycles. The van der Waals surface area contributed by atoms with E-state index in [0.29, 0.717) is 43.4 Å². The molecule has 8 nitrogen and oxygen atoms in total. The van der Waals surface area contributed by atoms with Gasteiger partial charge in [0, 0.05) is 55.3 Å². The van der Waals surface area contributed by atoms with E-state index in [1.165, 1.54) is 0 Å². The Morgan fingerprint density at radius 1 is 1.03 bits per heavy atom. The molecule has 9 heteroatoms. The number of rotatable bonds is 4. The van der Waals surface area contributed by atoms with Crippen LogP contribution in [0.3, 0.4) is 0 Å². The van der Waals surface area contributed by atoms with Gasteiger partial charge in [-0.2, -0.15) is 0 Å². The quantitative estimate of drug-likeness (QED) is 0.629. The van der Waals surface area contributed by atoms with Gasteiger partial charge in [-0.05, 0) is 53.5 Å². The number of hydrogen-bond donors (Lipinski definition) is 1. The van der Waals surface area contributed by atoms with E-state index in [4.69, 9.17) is 0 Å². The van der Waals surface area contributed by atoms with E-state index >= 15 is 0 Å². The number of halogens is 1. The maximum absolute atomic E-state index is 12.7. The summed E-state index contributed by atoms with van der Waals surface area (Å²) in [7, 11) is 0. The third kappa shape index (κ3) is 4.73. The lowest BCUT2D eigenvalue weighted by molar-refractivity contribution is 0.0746. The van der Waals surface area contributed by atoms with Crippen LogP contribution in [-0.2, 0) is 0 Å². The van der Waals surface area contributed by atoms with Gasteiger partial charge >= 0.3 is 0 Å². The van der Waals surface area contributed by atoms with Crippen molar-refractivity contribution in [2.45, 2.75) is 13.8 Å². The number of aromatic nitrogens is 4. The third-order valence-electron chi connectivity index (χ3n) is 4.84. The average molecular weight is 468 g/mol. The largest absolute Gasteiger partial charge is 0.353 e. The van der Waals surface area contributed by atoms with E-state index in [1.54, 1.807) is 24.7 Å². The van der Waals surface area contributed by atoms with E-state index in [0.717, 1.165) is 21.7 Å². The molecule has 0 atom stereocenters. The first kappa shape index (κ1) is 20.2. The molecule has 0 aromatic carbocycles. The van der Waals surface area contributed by atoms with Crippen molar-refractivity contribution in [3.8, 4) is 0 Å². The minimum absolute atomic E-state index is 0.00445. The average Bonchev–Trinajstić information content (AvgIpc) is 2.73. The lowest BCUT2D eigenvalue weighted by atomic mass is 10.2. The van der Waals surface area contributed by atoms with Crippen LogP contribution < -0.4 is 10.2 Å². The van der Waals surface area contributed by atoms with Crippen LogP contribution in [0.1, 0.15) is 21.7 Å². The lowest BCUT2D eigenvalue weighted by Crippen LogP contribution is -2.49. The highest BCUT2D eigenvalue weighted by Crippen LogP contribution is 2.21. The molecule has 0 bridgehead atoms. The maximum Gasteiger partial charge on any atom is 0.255 e. The summed E-state index contributed by atoms with van der Waals surface area (Å²) in [6.07, 6.45) is 5.04. The first-order chi connectivity index (χ1) is 14.5. The normalized spacial score (nSPS) is 14.0. The van der Waals surface area contributed by atoms with Crippen molar-refractivity contribution in [2.75, 3.05) is 36.4 Å². The molecule has 3 aromatic rings. The van der Waals surface area contributed by atoms with Crippen molar-refractivity contribution < 1.29 is 4.79 Å². The first-order valence-corrected chi connectivity index (χ1v) is 10.5. The first-order valence-electron chi connectivity index (χ1n) is 9.68. The zero-order valence-corrected chi connectivity index (χ0v) is 18.4. The van der Waals surface area contributed by atoms with Crippen LogP contribution in [0.25, 0.3) is 0 Å². The smallest absolute Gasteiger partial charge is 0.255 e. The number of aryl methyl sites for hydroxylation is 2. The summed E-state index contributed by atoms with van der Waals surface area (Å²) in [6, 6.07) is 7.64. The molecule has 0 spiro atoms. The van der Waals surface area contributed by atoms with Crippen molar-refractivity contribution in [1.29, 1.82) is 0 Å². The number of nitrogens with one attached hydrogen (secondary N) is 1. The van der Waals surface area contributed by atoms with Gasteiger partial charge < -0.3 is 15.1 Å². The van der Waals surface area contributed by atoms with Crippen molar-refractivity contribution in [2.24, 2.45) is 0 Å². The summed E-state index contributed by atoms with van der Waals surface area (Å²) in [5, 5.41) is 3.25. The molecule has 0 aliphatic carbocycles. The number of anilines is 3. The van der Waals surface area contributed by atoms with E-state index < -0.39 is 0 Å². The Labute approximate surface area is 183 Å². The molecule has 30 heavy (non-hydrogen) atoms. The van der Waals surface area contributed by atoms with Gasteiger partial charge in [0.2, 0.25) is 0 Å². The fraction of sp³-hybridized carbons (Fsp3) is 0.286. The van der Waals surface area contributed by atoms with Gasteiger partial charge in [0.15, 0.2) is 0 Å². The van der Waals surface area contributed by atoms with Crippen LogP contribution in [-0.4, -0.2) is 56.9 Å². The van der Waals surface area contributed by atoms with Crippen LogP contribution >= 0.6 is 15.9 Å². The molecule has 0 unspecified atom stereocenters. The molecule has 1 amide bonds. The van der Waals surface area contributed by atoms with Crippen LogP contribution in [0.2, 0.25) is 0 Å². The predicted octanol–water partition coefficient (Wildman–Crippen LogP) is 3.35. The highest BCUT2D eigenvalue weighted by atomic mass is 79.9. The monoisotopic (exact) mass is 467 g/mol. The Bertz CT molecular complexity index is 1070. The Hall–Kier alpha value is -3.07. The summed E-state index contributed by atoms with van der Waals surface area (Å²) in [4.78, 5) is 34.3. The van der Waals surface area contributed by atoms with Crippen molar-refractivity contribution in [1.82, 2.24) is 24.8 Å². The molecule has 154 valence electrons. The van der Waals surface area contributed by atoms with Crippen LogP contribution in [0.5, 0.6) is 0 Å². The van der Waals surface area contributed by atoms with E-state index in [2.05, 4.69) is 46.1 Å². The zero-order chi connectivity index (χ0) is 21.1. The van der Waals surface area contributed by atoms with Crippen molar-refractivity contribution in [3.05, 3.63) is 64.3 Å². The molecule has 0 saturated carbocycles. The van der Waals surface area contributed by atoms with Gasteiger partial charge in [-0.25, -0.2) is 15.0 Å². The number of pyridine rings is 2. The SMILES string of the molecule is Cc1ccnc(Nc2cc(N3CCN(C(=O)c4cncc(Br)c4)CC3)nc(C)n2)c1. The highest BCUT2D eigenvalue weighted by Gasteiger charge is 2.23. The van der Waals surface area contributed by atoms with Crippen molar-refractivity contribution >= 4 is 39.3 Å². The van der Waals surface area contributed by atoms with E-state index in [9.17, 15) is 4.79 Å². The Balaban J connectivity index is 1.44. The summed E-state index contributed by atoms with van der Waals surface area (Å²) >= 11 is 3.37. The Morgan fingerprint density at radius 3 is 2.57 bits per heavy atom. The van der Waals surface area contributed by atoms with Gasteiger partial charge in [0.1, 0.15) is 23.3 Å². The summed E-state index contributed by atoms with van der Waals surface area (Å²) in [5.74, 6) is 2.97. The number of carbonyl (C=O) groups is 1. The minimum Gasteiger partial charge on any atom is -0.353 e. The third-order valence-corrected chi connectivity index (χ3v) is 5.27. The highest BCUT2D eigenvalue weighted by molar-refractivity contribution is 9.10. The molecule has 3 aromatic heterocycles. The number of piperazine rings is 1. The van der Waals surface area contributed by atoms with Gasteiger partial charge in [0.05, 0.1) is 5.56 Å². The lowest BCUT2D eigenvalue weighted by Gasteiger charge is -2.35. The molecular weight excluding hydrogens is 446 g/mol. The molecule has 1 N–H and O–H groups in total. The second kappa shape index (κ2) is 8.74. The molecular formula is C21H22BrN7O. The maximum atomic E-state index is 12.7. The number of carbonyl (C=O) groups excluding carboxylic acids is 1. The standard InChI is InChI=1S/C21H22BrN7O/c1-14-3-4-24-18(9-14)27-19-11-20(26-15(2)25-19)28-5-7-29(8-6-28)21(30)16-10-17(22)13-23-12-16/h3-4,9-13H,5-8H2,1-2H3,(H,24,25,26,27). The van der Waals surface area contributed by atoms with Gasteiger partial charge in [0.25, 0.3) is 5.91 Å². The van der Waals surface area contributed by atoms with E-state index in [1.807, 2.05) is 36.9 Å². The fourth-order valence-electron chi connectivity index (χ4n) is 3.36. The minimum atomic E-state index is -0.00445. The number of nitrogens with zero attached hydrogens (tertiary/aromatic N) is 6. The number of amides is 1. The molecule has 4 heterocycles. The summed E-state index contributed by atoms with van der Waals surface area (Å²) in [6.45, 7) is 6.54. The predicted molar refractivity (Wildman–Crippen MR) is 119 cm³/mol. The number of hydrogen-bond acceptors (Lipinski definition) is 7. The topological polar surface area (TPSA) is 87.1 Å². The molecule has 1 fully saturated rings. The summed E-state index contributed by atoms with van der Waals surface area (Å²) < 4.78 is 0.798. The fourth-order valence-corrected chi connectivity index (χ4v) is 3.73. The second-order valence-corrected chi connectivity index (χ2v) is 8.09. The molecule has 1 aliphatic rings. The zero-order valence-electron chi connectivity index (χ0n) is 16.8. The summed E-state index contributed by atoms with van der Waals surface area (Å²) in [5.41, 5.74) is 1.72. The molecule has 1 saturated heterocycles. The Morgan fingerprint density at radius 2 is 1.83 bits per heavy atom. The van der Waals surface area contributed by atoms with Gasteiger partial charge in [-0.3, -0.25) is 9.78 Å². The van der Waals surface area contributed by atoms with Gasteiger partial charge in [-0.15, -0.1) is 0 Å². The molecule has 0 radical (unpaired) electrons. The van der Waals surface area contributed by atoms with Gasteiger partial charge in [-0.1, -0.05) is 0 Å². The van der Waals surface area contributed by atoms with E-state index in [-0.39, 0.29) is 5.91 Å². The molecule has 4 rings (SSSR count). The van der Waals surface area contributed by atoms with Crippen LogP contribution in [0.15, 0.2) is 47.3 Å². The Kier molecular flexibility index (Phi) is 5.89. The van der Waals surface area contributed by atoms with Crippen LogP contribution in [0, 0.1) is 13.8 Å². The van der Waals surface area contributed by atoms with Crippen LogP contribution in [0.4, 0.5) is 17.5 Å².